The Morgan fingerprint density at radius 2 is 1.89 bits per heavy atom. The Morgan fingerprint density at radius 1 is 1.16 bits per heavy atom. The van der Waals surface area contributed by atoms with E-state index in [2.05, 4.69) is 21.2 Å². The van der Waals surface area contributed by atoms with Crippen LogP contribution < -0.4 is 14.8 Å². The highest BCUT2D eigenvalue weighted by atomic mass is 79.9. The maximum absolute atomic E-state index is 14.0. The summed E-state index contributed by atoms with van der Waals surface area (Å²) in [6, 6.07) is 14.8. The number of anilines is 1. The lowest BCUT2D eigenvalue weighted by molar-refractivity contribution is -0.384. The van der Waals surface area contributed by atoms with Crippen LogP contribution in [0.3, 0.4) is 0 Å². The number of carbonyl (C=O) groups excluding carboxylic acids is 1. The molecule has 1 amide bonds. The number of halogens is 1. The highest BCUT2D eigenvalue weighted by Gasteiger charge is 2.41. The van der Waals surface area contributed by atoms with E-state index >= 15 is 0 Å². The Hall–Kier alpha value is -3.48. The minimum absolute atomic E-state index is 0.0562. The summed E-state index contributed by atoms with van der Waals surface area (Å²) in [6.07, 6.45) is 0.0865. The number of nitro benzene ring substituents is 1. The van der Waals surface area contributed by atoms with E-state index in [-0.39, 0.29) is 47.3 Å². The summed E-state index contributed by atoms with van der Waals surface area (Å²) in [6.45, 7) is 1.94. The highest BCUT2D eigenvalue weighted by molar-refractivity contribution is 9.10. The number of benzene rings is 3. The third-order valence-electron chi connectivity index (χ3n) is 5.96. The summed E-state index contributed by atoms with van der Waals surface area (Å²) in [5.41, 5.74) is 1.14. The molecule has 3 aromatic rings. The summed E-state index contributed by atoms with van der Waals surface area (Å²) in [4.78, 5) is 24.5. The number of nitrogens with one attached hydrogen (secondary N) is 1. The molecule has 0 aliphatic carbocycles. The first-order valence-corrected chi connectivity index (χ1v) is 13.5. The molecular formula is C25H24BrN3O7S. The van der Waals surface area contributed by atoms with Crippen molar-refractivity contribution in [1.82, 2.24) is 4.31 Å². The largest absolute Gasteiger partial charge is 0.496 e. The van der Waals surface area contributed by atoms with Gasteiger partial charge in [0, 0.05) is 11.0 Å². The van der Waals surface area contributed by atoms with Gasteiger partial charge in [-0.25, -0.2) is 8.42 Å². The van der Waals surface area contributed by atoms with Gasteiger partial charge in [0.2, 0.25) is 15.9 Å². The molecule has 10 nitrogen and oxygen atoms in total. The van der Waals surface area contributed by atoms with Crippen LogP contribution in [0.1, 0.15) is 18.1 Å². The quantitative estimate of drug-likeness (QED) is 0.302. The smallest absolute Gasteiger partial charge is 0.296 e. The molecule has 3 aromatic carbocycles. The zero-order chi connectivity index (χ0) is 26.7. The molecule has 1 aliphatic heterocycles. The average molecular weight is 590 g/mol. The van der Waals surface area contributed by atoms with Gasteiger partial charge >= 0.3 is 0 Å². The number of rotatable bonds is 8. The van der Waals surface area contributed by atoms with Crippen molar-refractivity contribution in [3.63, 3.8) is 0 Å². The van der Waals surface area contributed by atoms with E-state index in [1.807, 2.05) is 18.2 Å². The number of hydrogen-bond acceptors (Lipinski definition) is 7. The number of nitrogens with zero attached hydrogens (tertiary/aromatic N) is 2. The van der Waals surface area contributed by atoms with Gasteiger partial charge < -0.3 is 14.8 Å². The van der Waals surface area contributed by atoms with Crippen molar-refractivity contribution >= 4 is 43.2 Å². The van der Waals surface area contributed by atoms with Crippen LogP contribution in [0.5, 0.6) is 11.5 Å². The first kappa shape index (κ1) is 26.6. The number of ether oxygens (including phenoxy) is 2. The number of nitro groups is 1. The lowest BCUT2D eigenvalue weighted by atomic mass is 9.95. The molecule has 0 spiro atoms. The standard InChI is InChI=1S/C25H24BrN3O7S/c1-3-36-23-11-8-18(26)13-24(23)37(33,34)28-15-17-7-5-4-6-16(17)12-22(28)25(30)27-20-10-9-19(35-2)14-21(20)29(31)32/h4-11,13-14,22H,3,12,15H2,1-2H3,(H,27,30). The maximum atomic E-state index is 14.0. The van der Waals surface area contributed by atoms with E-state index in [0.717, 1.165) is 15.4 Å². The number of hydrogen-bond donors (Lipinski definition) is 1. The van der Waals surface area contributed by atoms with Gasteiger partial charge in [0.15, 0.2) is 0 Å². The van der Waals surface area contributed by atoms with Gasteiger partial charge in [-0.15, -0.1) is 0 Å². The molecule has 1 heterocycles. The number of methoxy groups -OCH3 is 1. The molecule has 0 fully saturated rings. The summed E-state index contributed by atoms with van der Waals surface area (Å²) in [5.74, 6) is -0.285. The number of carbonyl (C=O) groups is 1. The monoisotopic (exact) mass is 589 g/mol. The highest BCUT2D eigenvalue weighted by Crippen LogP contribution is 2.36. The summed E-state index contributed by atoms with van der Waals surface area (Å²) < 4.78 is 40.3. The van der Waals surface area contributed by atoms with Crippen molar-refractivity contribution in [3.8, 4) is 11.5 Å². The lowest BCUT2D eigenvalue weighted by Gasteiger charge is -2.35. The molecule has 1 unspecified atom stereocenters. The second kappa shape index (κ2) is 10.9. The number of sulfonamides is 1. The van der Waals surface area contributed by atoms with E-state index in [4.69, 9.17) is 9.47 Å². The Balaban J connectivity index is 1.77. The minimum Gasteiger partial charge on any atom is -0.496 e. The average Bonchev–Trinajstić information content (AvgIpc) is 2.89. The second-order valence-electron chi connectivity index (χ2n) is 8.19. The van der Waals surface area contributed by atoms with Crippen molar-refractivity contribution in [1.29, 1.82) is 0 Å². The van der Waals surface area contributed by atoms with Crippen molar-refractivity contribution in [2.45, 2.75) is 30.8 Å². The molecule has 1 aliphatic rings. The molecule has 37 heavy (non-hydrogen) atoms. The van der Waals surface area contributed by atoms with Crippen LogP contribution in [0.25, 0.3) is 0 Å². The molecule has 0 saturated heterocycles. The van der Waals surface area contributed by atoms with Crippen molar-refractivity contribution in [2.75, 3.05) is 19.0 Å². The van der Waals surface area contributed by atoms with Crippen LogP contribution in [0, 0.1) is 10.1 Å². The predicted octanol–water partition coefficient (Wildman–Crippen LogP) is 4.52. The van der Waals surface area contributed by atoms with Crippen LogP contribution in [0.15, 0.2) is 70.0 Å². The first-order valence-electron chi connectivity index (χ1n) is 11.3. The topological polar surface area (TPSA) is 128 Å². The number of fused-ring (bicyclic) bond motifs is 1. The second-order valence-corrected chi connectivity index (χ2v) is 11.0. The van der Waals surface area contributed by atoms with E-state index in [0.29, 0.717) is 4.47 Å². The molecule has 1 atom stereocenters. The lowest BCUT2D eigenvalue weighted by Crippen LogP contribution is -2.50. The van der Waals surface area contributed by atoms with E-state index in [9.17, 15) is 23.3 Å². The summed E-state index contributed by atoms with van der Waals surface area (Å²) >= 11 is 3.32. The van der Waals surface area contributed by atoms with Crippen LogP contribution in [0.2, 0.25) is 0 Å². The van der Waals surface area contributed by atoms with Crippen molar-refractivity contribution in [3.05, 3.63) is 86.4 Å². The van der Waals surface area contributed by atoms with Gasteiger partial charge in [-0.1, -0.05) is 40.2 Å². The predicted molar refractivity (Wildman–Crippen MR) is 140 cm³/mol. The normalized spacial score (nSPS) is 15.5. The van der Waals surface area contributed by atoms with Gasteiger partial charge in [0.25, 0.3) is 5.69 Å². The third-order valence-corrected chi connectivity index (χ3v) is 8.33. The number of amides is 1. The maximum Gasteiger partial charge on any atom is 0.296 e. The van der Waals surface area contributed by atoms with E-state index < -0.39 is 26.9 Å². The Kier molecular flexibility index (Phi) is 7.81. The molecule has 4 rings (SSSR count). The minimum atomic E-state index is -4.24. The third kappa shape index (κ3) is 5.45. The fourth-order valence-electron chi connectivity index (χ4n) is 4.17. The first-order chi connectivity index (χ1) is 17.6. The SMILES string of the molecule is CCOc1ccc(Br)cc1S(=O)(=O)N1Cc2ccccc2CC1C(=O)Nc1ccc(OC)cc1[N+](=O)[O-]. The Bertz CT molecular complexity index is 1460. The van der Waals surface area contributed by atoms with Gasteiger partial charge in [0.05, 0.1) is 24.7 Å². The molecule has 0 bridgehead atoms. The van der Waals surface area contributed by atoms with E-state index in [1.165, 1.54) is 31.4 Å². The van der Waals surface area contributed by atoms with Crippen LogP contribution in [-0.2, 0) is 27.8 Å². The van der Waals surface area contributed by atoms with Gasteiger partial charge in [-0.3, -0.25) is 14.9 Å². The van der Waals surface area contributed by atoms with Crippen molar-refractivity contribution in [2.24, 2.45) is 0 Å². The zero-order valence-corrected chi connectivity index (χ0v) is 22.4. The fraction of sp³-hybridized carbons (Fsp3) is 0.240. The molecule has 194 valence electrons. The summed E-state index contributed by atoms with van der Waals surface area (Å²) in [7, 11) is -2.87. The molecular weight excluding hydrogens is 566 g/mol. The Labute approximate surface area is 222 Å². The van der Waals surface area contributed by atoms with Gasteiger partial charge in [-0.05, 0) is 54.8 Å². The molecule has 0 radical (unpaired) electrons. The van der Waals surface area contributed by atoms with Crippen LogP contribution in [-0.4, -0.2) is 43.3 Å². The van der Waals surface area contributed by atoms with Crippen molar-refractivity contribution < 1.29 is 27.6 Å². The molecule has 1 N–H and O–H groups in total. The van der Waals surface area contributed by atoms with Gasteiger partial charge in [-0.2, -0.15) is 4.31 Å². The molecule has 0 aromatic heterocycles. The molecule has 0 saturated carbocycles. The van der Waals surface area contributed by atoms with Crippen LogP contribution in [0.4, 0.5) is 11.4 Å². The van der Waals surface area contributed by atoms with Crippen LogP contribution >= 0.6 is 15.9 Å². The molecule has 12 heteroatoms. The van der Waals surface area contributed by atoms with Gasteiger partial charge in [0.1, 0.15) is 28.1 Å². The Morgan fingerprint density at radius 3 is 2.57 bits per heavy atom. The summed E-state index contributed by atoms with van der Waals surface area (Å²) in [5, 5.41) is 14.2. The fourth-order valence-corrected chi connectivity index (χ4v) is 6.41. The zero-order valence-electron chi connectivity index (χ0n) is 20.0. The van der Waals surface area contributed by atoms with E-state index in [1.54, 1.807) is 25.1 Å².